The minimum Gasteiger partial charge on any atom is -0.379 e. The van der Waals surface area contributed by atoms with Gasteiger partial charge < -0.3 is 15.0 Å². The van der Waals surface area contributed by atoms with E-state index in [1.807, 2.05) is 14.0 Å². The predicted octanol–water partition coefficient (Wildman–Crippen LogP) is 2.50. The maximum Gasteiger partial charge on any atom is 0.193 e. The molecule has 21 heavy (non-hydrogen) atoms. The van der Waals surface area contributed by atoms with Crippen LogP contribution >= 0.6 is 35.3 Å². The van der Waals surface area contributed by atoms with E-state index in [0.717, 1.165) is 48.9 Å². The topological polar surface area (TPSA) is 49.8 Å². The van der Waals surface area contributed by atoms with Crippen LogP contribution < -0.4 is 5.32 Å². The normalized spacial score (nSPS) is 14.7. The van der Waals surface area contributed by atoms with Gasteiger partial charge in [0.05, 0.1) is 23.9 Å². The molecule has 1 aromatic rings. The molecule has 1 aliphatic rings. The highest BCUT2D eigenvalue weighted by Gasteiger charge is 2.20. The summed E-state index contributed by atoms with van der Waals surface area (Å²) in [6.07, 6.45) is 2.68. The summed E-state index contributed by atoms with van der Waals surface area (Å²) in [6.45, 7) is 5.23. The van der Waals surface area contributed by atoms with Crippen molar-refractivity contribution in [2.45, 2.75) is 26.3 Å². The van der Waals surface area contributed by atoms with Crippen molar-refractivity contribution in [2.24, 2.45) is 10.9 Å². The lowest BCUT2D eigenvalue weighted by molar-refractivity contribution is 0.128. The molecule has 1 aliphatic carbocycles. The molecule has 1 N–H and O–H groups in total. The largest absolute Gasteiger partial charge is 0.379 e. The van der Waals surface area contributed by atoms with Gasteiger partial charge in [-0.15, -0.1) is 35.3 Å². The second kappa shape index (κ2) is 9.58. The Hall–Kier alpha value is -0.410. The minimum absolute atomic E-state index is 0. The fraction of sp³-hybridized carbons (Fsp3) is 0.714. The van der Waals surface area contributed by atoms with E-state index < -0.39 is 0 Å². The fourth-order valence-electron chi connectivity index (χ4n) is 1.95. The van der Waals surface area contributed by atoms with Crippen molar-refractivity contribution in [3.05, 3.63) is 16.1 Å². The number of hydrogen-bond donors (Lipinski definition) is 1. The monoisotopic (exact) mass is 424 g/mol. The number of nitrogens with one attached hydrogen (secondary N) is 1. The zero-order valence-corrected chi connectivity index (χ0v) is 16.1. The lowest BCUT2D eigenvalue weighted by atomic mass is 10.4. The molecule has 7 heteroatoms. The van der Waals surface area contributed by atoms with Crippen LogP contribution in [0.25, 0.3) is 0 Å². The Labute approximate surface area is 148 Å². The summed E-state index contributed by atoms with van der Waals surface area (Å²) in [5, 5.41) is 6.51. The number of ether oxygens (including phenoxy) is 1. The molecule has 2 rings (SSSR count). The van der Waals surface area contributed by atoms with Crippen LogP contribution in [0.5, 0.6) is 0 Å². The van der Waals surface area contributed by atoms with Crippen LogP contribution in [-0.2, 0) is 11.3 Å². The van der Waals surface area contributed by atoms with Crippen molar-refractivity contribution < 1.29 is 4.74 Å². The van der Waals surface area contributed by atoms with Crippen molar-refractivity contribution in [3.8, 4) is 0 Å². The van der Waals surface area contributed by atoms with Gasteiger partial charge in [-0.2, -0.15) is 0 Å². The molecule has 0 amide bonds. The number of thiazole rings is 1. The number of aliphatic imine (C=N–C) groups is 1. The summed E-state index contributed by atoms with van der Waals surface area (Å²) in [6, 6.07) is 0. The third kappa shape index (κ3) is 6.92. The van der Waals surface area contributed by atoms with Crippen LogP contribution in [0.1, 0.15) is 23.5 Å². The van der Waals surface area contributed by atoms with Crippen LogP contribution in [0.3, 0.4) is 0 Å². The standard InChI is InChI=1S/C14H24N4OS.HI/c1-11-17-13(10-20-11)8-18(3)14(15-2)16-6-7-19-9-12-4-5-12;/h10,12H,4-9H2,1-3H3,(H,15,16);1H. The first-order chi connectivity index (χ1) is 9.69. The second-order valence-electron chi connectivity index (χ2n) is 5.21. The van der Waals surface area contributed by atoms with Crippen molar-refractivity contribution in [3.63, 3.8) is 0 Å². The molecule has 0 aromatic carbocycles. The lowest BCUT2D eigenvalue weighted by Crippen LogP contribution is -2.40. The van der Waals surface area contributed by atoms with Gasteiger partial charge in [0.15, 0.2) is 5.96 Å². The maximum atomic E-state index is 5.61. The number of halogens is 1. The molecule has 0 unspecified atom stereocenters. The Morgan fingerprint density at radius 3 is 2.90 bits per heavy atom. The highest BCUT2D eigenvalue weighted by molar-refractivity contribution is 14.0. The summed E-state index contributed by atoms with van der Waals surface area (Å²) in [4.78, 5) is 10.8. The maximum absolute atomic E-state index is 5.61. The highest BCUT2D eigenvalue weighted by Crippen LogP contribution is 2.28. The van der Waals surface area contributed by atoms with Crippen molar-refractivity contribution in [1.29, 1.82) is 0 Å². The first-order valence-corrected chi connectivity index (χ1v) is 7.97. The Balaban J connectivity index is 0.00000220. The SMILES string of the molecule is CN=C(NCCOCC1CC1)N(C)Cc1csc(C)n1.I. The van der Waals surface area contributed by atoms with Crippen LogP contribution in [0, 0.1) is 12.8 Å². The molecule has 0 bridgehead atoms. The second-order valence-corrected chi connectivity index (χ2v) is 6.27. The quantitative estimate of drug-likeness (QED) is 0.316. The van der Waals surface area contributed by atoms with Gasteiger partial charge >= 0.3 is 0 Å². The first-order valence-electron chi connectivity index (χ1n) is 7.09. The predicted molar refractivity (Wildman–Crippen MR) is 98.6 cm³/mol. The molecule has 1 saturated carbocycles. The summed E-state index contributed by atoms with van der Waals surface area (Å²) in [5.41, 5.74) is 1.09. The Kier molecular flexibility index (Phi) is 8.50. The van der Waals surface area contributed by atoms with Gasteiger partial charge in [0.2, 0.25) is 0 Å². The zero-order chi connectivity index (χ0) is 14.4. The third-order valence-electron chi connectivity index (χ3n) is 3.22. The number of nitrogens with zero attached hydrogens (tertiary/aromatic N) is 3. The van der Waals surface area contributed by atoms with Crippen molar-refractivity contribution in [1.82, 2.24) is 15.2 Å². The van der Waals surface area contributed by atoms with Crippen LogP contribution in [0.15, 0.2) is 10.4 Å². The molecule has 1 aromatic heterocycles. The van der Waals surface area contributed by atoms with Gasteiger partial charge in [-0.1, -0.05) is 0 Å². The van der Waals surface area contributed by atoms with Crippen LogP contribution in [0.2, 0.25) is 0 Å². The summed E-state index contributed by atoms with van der Waals surface area (Å²) >= 11 is 1.68. The van der Waals surface area contributed by atoms with Crippen molar-refractivity contribution in [2.75, 3.05) is 33.9 Å². The highest BCUT2D eigenvalue weighted by atomic mass is 127. The van der Waals surface area contributed by atoms with Gasteiger partial charge in [-0.3, -0.25) is 4.99 Å². The Bertz CT molecular complexity index is 448. The van der Waals surface area contributed by atoms with E-state index in [1.165, 1.54) is 12.8 Å². The summed E-state index contributed by atoms with van der Waals surface area (Å²) in [7, 11) is 3.82. The number of hydrogen-bond acceptors (Lipinski definition) is 4. The first kappa shape index (κ1) is 18.6. The van der Waals surface area contributed by atoms with Gasteiger partial charge in [-0.25, -0.2) is 4.98 Å². The van der Waals surface area contributed by atoms with Gasteiger partial charge in [-0.05, 0) is 25.7 Å². The zero-order valence-electron chi connectivity index (χ0n) is 13.0. The smallest absolute Gasteiger partial charge is 0.193 e. The van der Waals surface area contributed by atoms with E-state index in [2.05, 4.69) is 25.6 Å². The number of aryl methyl sites for hydroxylation is 1. The van der Waals surface area contributed by atoms with Gasteiger partial charge in [0.1, 0.15) is 0 Å². The molecule has 120 valence electrons. The van der Waals surface area contributed by atoms with Crippen LogP contribution in [-0.4, -0.2) is 49.7 Å². The molecular weight excluding hydrogens is 399 g/mol. The molecule has 0 saturated heterocycles. The van der Waals surface area contributed by atoms with Gasteiger partial charge in [0.25, 0.3) is 0 Å². The van der Waals surface area contributed by atoms with E-state index >= 15 is 0 Å². The van der Waals surface area contributed by atoms with E-state index in [4.69, 9.17) is 4.74 Å². The molecule has 1 heterocycles. The molecule has 1 fully saturated rings. The minimum atomic E-state index is 0. The molecular formula is C14H25IN4OS. The summed E-state index contributed by atoms with van der Waals surface area (Å²) in [5.74, 6) is 1.70. The van der Waals surface area contributed by atoms with E-state index in [0.29, 0.717) is 0 Å². The average Bonchev–Trinajstić information content (AvgIpc) is 3.16. The molecule has 0 radical (unpaired) electrons. The van der Waals surface area contributed by atoms with Gasteiger partial charge in [0, 0.05) is 32.6 Å². The fourth-order valence-corrected chi connectivity index (χ4v) is 2.56. The molecule has 5 nitrogen and oxygen atoms in total. The van der Waals surface area contributed by atoms with E-state index in [9.17, 15) is 0 Å². The number of aromatic nitrogens is 1. The lowest BCUT2D eigenvalue weighted by Gasteiger charge is -2.21. The van der Waals surface area contributed by atoms with Crippen molar-refractivity contribution >= 4 is 41.3 Å². The van der Waals surface area contributed by atoms with E-state index in [-0.39, 0.29) is 24.0 Å². The Morgan fingerprint density at radius 1 is 1.57 bits per heavy atom. The average molecular weight is 424 g/mol. The third-order valence-corrected chi connectivity index (χ3v) is 4.04. The number of guanidine groups is 1. The Morgan fingerprint density at radius 2 is 2.33 bits per heavy atom. The molecule has 0 aliphatic heterocycles. The van der Waals surface area contributed by atoms with Crippen LogP contribution in [0.4, 0.5) is 0 Å². The molecule has 0 spiro atoms. The number of rotatable bonds is 7. The molecule has 0 atom stereocenters. The van der Waals surface area contributed by atoms with E-state index in [1.54, 1.807) is 18.4 Å². The summed E-state index contributed by atoms with van der Waals surface area (Å²) < 4.78 is 5.61.